The third-order valence-corrected chi connectivity index (χ3v) is 6.65. The second-order valence-corrected chi connectivity index (χ2v) is 9.62. The van der Waals surface area contributed by atoms with Gasteiger partial charge in [-0.05, 0) is 30.6 Å². The second kappa shape index (κ2) is 9.18. The fourth-order valence-electron chi connectivity index (χ4n) is 2.01. The number of unbranched alkanes of at least 4 members (excludes halogenated alkanes) is 4. The molecule has 0 amide bonds. The fourth-order valence-corrected chi connectivity index (χ4v) is 5.60. The van der Waals surface area contributed by atoms with Crippen LogP contribution in [0.15, 0.2) is 0 Å². The van der Waals surface area contributed by atoms with Crippen LogP contribution < -0.4 is 0 Å². The third-order valence-electron chi connectivity index (χ3n) is 3.08. The normalized spacial score (nSPS) is 15.6. The molecule has 0 heterocycles. The Morgan fingerprint density at radius 1 is 1.00 bits per heavy atom. The summed E-state index contributed by atoms with van der Waals surface area (Å²) in [7, 11) is -2.76. The van der Waals surface area contributed by atoms with Crippen LogP contribution in [0.3, 0.4) is 0 Å². The van der Waals surface area contributed by atoms with E-state index in [4.69, 9.17) is 0 Å². The van der Waals surface area contributed by atoms with Gasteiger partial charge in [-0.15, -0.1) is 0 Å². The van der Waals surface area contributed by atoms with E-state index in [-0.39, 0.29) is 4.75 Å². The fraction of sp³-hybridized carbons (Fsp3) is 1.00. The lowest BCUT2D eigenvalue weighted by Gasteiger charge is -2.28. The Kier molecular flexibility index (Phi) is 9.30. The predicted molar refractivity (Wildman–Crippen MR) is 79.2 cm³/mol. The summed E-state index contributed by atoms with van der Waals surface area (Å²) < 4.78 is 35.0. The van der Waals surface area contributed by atoms with Crippen LogP contribution >= 0.6 is 10.8 Å². The Balaban J connectivity index is 4.42. The van der Waals surface area contributed by atoms with Gasteiger partial charge in [-0.25, -0.2) is 12.8 Å². The van der Waals surface area contributed by atoms with E-state index in [0.29, 0.717) is 0 Å². The highest BCUT2D eigenvalue weighted by molar-refractivity contribution is 8.72. The smallest absolute Gasteiger partial charge is 0.231 e. The van der Waals surface area contributed by atoms with Crippen LogP contribution in [0.1, 0.15) is 72.1 Å². The first-order valence-electron chi connectivity index (χ1n) is 6.88. The number of halogens is 1. The molecule has 0 aromatic rings. The van der Waals surface area contributed by atoms with Crippen molar-refractivity contribution in [1.82, 2.24) is 0 Å². The van der Waals surface area contributed by atoms with Crippen LogP contribution in [-0.4, -0.2) is 19.2 Å². The van der Waals surface area contributed by atoms with E-state index in [2.05, 4.69) is 13.8 Å². The van der Waals surface area contributed by atoms with Gasteiger partial charge in [-0.3, -0.25) is 0 Å². The Morgan fingerprint density at radius 3 is 2.06 bits per heavy atom. The molecule has 5 heteroatoms. The van der Waals surface area contributed by atoms with E-state index in [9.17, 15) is 12.8 Å². The lowest BCUT2D eigenvalue weighted by Crippen LogP contribution is -2.23. The number of hydrogen-bond acceptors (Lipinski definition) is 3. The van der Waals surface area contributed by atoms with Crippen molar-refractivity contribution < 1.29 is 12.8 Å². The minimum absolute atomic E-state index is 0.325. The highest BCUT2D eigenvalue weighted by Crippen LogP contribution is 2.39. The third kappa shape index (κ3) is 8.35. The van der Waals surface area contributed by atoms with Crippen LogP contribution in [0, 0.1) is 0 Å². The van der Waals surface area contributed by atoms with E-state index >= 15 is 0 Å². The maximum absolute atomic E-state index is 12.5. The molecule has 0 aromatic carbocycles. The Hall–Kier alpha value is 0.230. The first kappa shape index (κ1) is 18.2. The molecule has 0 aliphatic carbocycles. The van der Waals surface area contributed by atoms with Crippen molar-refractivity contribution in [2.75, 3.05) is 6.01 Å². The van der Waals surface area contributed by atoms with Gasteiger partial charge in [-0.2, -0.15) is 0 Å². The van der Waals surface area contributed by atoms with Crippen molar-refractivity contribution in [2.45, 2.75) is 76.9 Å². The Morgan fingerprint density at radius 2 is 1.56 bits per heavy atom. The van der Waals surface area contributed by atoms with Crippen molar-refractivity contribution in [3.8, 4) is 0 Å². The summed E-state index contributed by atoms with van der Waals surface area (Å²) in [6.07, 6.45) is 8.26. The van der Waals surface area contributed by atoms with Gasteiger partial charge in [0.2, 0.25) is 14.9 Å². The quantitative estimate of drug-likeness (QED) is 0.402. The monoisotopic (exact) mass is 298 g/mol. The van der Waals surface area contributed by atoms with Gasteiger partial charge in [0, 0.05) is 4.75 Å². The first-order valence-corrected chi connectivity index (χ1v) is 9.87. The minimum atomic E-state index is -3.60. The largest absolute Gasteiger partial charge is 0.233 e. The average molecular weight is 298 g/mol. The summed E-state index contributed by atoms with van der Waals surface area (Å²) >= 11 is 0. The van der Waals surface area contributed by atoms with E-state index in [1.807, 2.05) is 6.92 Å². The van der Waals surface area contributed by atoms with Gasteiger partial charge in [0.05, 0.1) is 0 Å². The van der Waals surface area contributed by atoms with E-state index < -0.39 is 14.9 Å². The van der Waals surface area contributed by atoms with Crippen LogP contribution in [0.2, 0.25) is 0 Å². The molecule has 0 radical (unpaired) electrons. The molecular weight excluding hydrogens is 271 g/mol. The molecule has 0 rings (SSSR count). The summed E-state index contributed by atoms with van der Waals surface area (Å²) in [6.45, 7) is 6.21. The van der Waals surface area contributed by atoms with Crippen LogP contribution in [0.25, 0.3) is 0 Å². The van der Waals surface area contributed by atoms with Gasteiger partial charge >= 0.3 is 0 Å². The standard InChI is InChI=1S/C13H27FO2S2/c1-4-6-8-9-11-13(3,10-7-5-2)17-18(15,16)12-14/h4-12H2,1-3H3. The molecule has 0 aliphatic heterocycles. The summed E-state index contributed by atoms with van der Waals surface area (Å²) in [6, 6.07) is -1.26. The van der Waals surface area contributed by atoms with Crippen molar-refractivity contribution in [3.05, 3.63) is 0 Å². The predicted octanol–water partition coefficient (Wildman–Crippen LogP) is 4.90. The first-order chi connectivity index (χ1) is 8.39. The molecule has 0 saturated carbocycles. The SMILES string of the molecule is CCCCCCC(C)(CCCC)SS(=O)(=O)CF. The molecule has 0 aromatic heterocycles. The molecule has 0 aliphatic rings. The molecule has 0 saturated heterocycles. The Labute approximate surface area is 115 Å². The van der Waals surface area contributed by atoms with Crippen molar-refractivity contribution in [2.24, 2.45) is 0 Å². The molecule has 1 unspecified atom stereocenters. The Bertz CT molecular complexity index is 304. The summed E-state index contributed by atoms with van der Waals surface area (Å²) in [4.78, 5) is 0. The van der Waals surface area contributed by atoms with Crippen molar-refractivity contribution >= 4 is 19.7 Å². The molecule has 110 valence electrons. The topological polar surface area (TPSA) is 34.1 Å². The van der Waals surface area contributed by atoms with Crippen LogP contribution in [-0.2, 0) is 8.87 Å². The van der Waals surface area contributed by atoms with Gasteiger partial charge in [-0.1, -0.05) is 52.4 Å². The maximum Gasteiger partial charge on any atom is 0.231 e. The van der Waals surface area contributed by atoms with Crippen LogP contribution in [0.5, 0.6) is 0 Å². The summed E-state index contributed by atoms with van der Waals surface area (Å²) in [5, 5.41) is 0. The van der Waals surface area contributed by atoms with E-state index in [1.54, 1.807) is 0 Å². The van der Waals surface area contributed by atoms with Gasteiger partial charge in [0.25, 0.3) is 0 Å². The minimum Gasteiger partial charge on any atom is -0.233 e. The second-order valence-electron chi connectivity index (χ2n) is 5.11. The maximum atomic E-state index is 12.5. The van der Waals surface area contributed by atoms with Gasteiger partial charge in [0.1, 0.15) is 0 Å². The van der Waals surface area contributed by atoms with Crippen LogP contribution in [0.4, 0.5) is 4.39 Å². The van der Waals surface area contributed by atoms with Crippen molar-refractivity contribution in [3.63, 3.8) is 0 Å². The molecule has 0 fully saturated rings. The highest BCUT2D eigenvalue weighted by Gasteiger charge is 2.30. The number of alkyl halides is 1. The summed E-state index contributed by atoms with van der Waals surface area (Å²) in [5.41, 5.74) is 0. The zero-order chi connectivity index (χ0) is 14.1. The molecule has 1 atom stereocenters. The van der Waals surface area contributed by atoms with E-state index in [1.165, 1.54) is 12.8 Å². The van der Waals surface area contributed by atoms with Gasteiger partial charge in [0.15, 0.2) is 0 Å². The lowest BCUT2D eigenvalue weighted by atomic mass is 9.96. The molecule has 0 spiro atoms. The lowest BCUT2D eigenvalue weighted by molar-refractivity contribution is 0.485. The molecule has 0 bridgehead atoms. The summed E-state index contributed by atoms with van der Waals surface area (Å²) in [5.74, 6) is 0. The highest BCUT2D eigenvalue weighted by atomic mass is 33.1. The molecular formula is C13H27FO2S2. The molecule has 0 N–H and O–H groups in total. The van der Waals surface area contributed by atoms with E-state index in [0.717, 1.165) is 49.3 Å². The zero-order valence-corrected chi connectivity index (χ0v) is 13.5. The average Bonchev–Trinajstić information content (AvgIpc) is 2.32. The number of rotatable bonds is 11. The number of hydrogen-bond donors (Lipinski definition) is 0. The molecule has 2 nitrogen and oxygen atoms in total. The van der Waals surface area contributed by atoms with Gasteiger partial charge < -0.3 is 0 Å². The zero-order valence-electron chi connectivity index (χ0n) is 11.9. The van der Waals surface area contributed by atoms with Crippen molar-refractivity contribution in [1.29, 1.82) is 0 Å². The molecule has 18 heavy (non-hydrogen) atoms.